The molecule has 0 radical (unpaired) electrons. The number of amides is 2. The fourth-order valence-corrected chi connectivity index (χ4v) is 2.46. The number of anilines is 1. The predicted molar refractivity (Wildman–Crippen MR) is 87.4 cm³/mol. The van der Waals surface area contributed by atoms with E-state index in [1.54, 1.807) is 36.0 Å². The van der Waals surface area contributed by atoms with Gasteiger partial charge in [-0.3, -0.25) is 9.69 Å². The van der Waals surface area contributed by atoms with Gasteiger partial charge in [0.05, 0.1) is 0 Å². The molecule has 1 atom stereocenters. The number of rotatable bonds is 7. The van der Waals surface area contributed by atoms with E-state index in [0.717, 1.165) is 11.5 Å². The number of hydrogen-bond acceptors (Lipinski definition) is 3. The number of nitrogens with one attached hydrogen (secondary N) is 1. The minimum absolute atomic E-state index is 0.0361. The molecular formula is C14H19ClN2O3S. The van der Waals surface area contributed by atoms with E-state index in [1.807, 2.05) is 13.8 Å². The molecule has 0 aromatic heterocycles. The largest absolute Gasteiger partial charge is 0.480 e. The number of aliphatic carboxylic acids is 1. The normalized spacial score (nSPS) is 11.8. The molecule has 0 bridgehead atoms. The number of urea groups is 1. The van der Waals surface area contributed by atoms with Gasteiger partial charge in [-0.2, -0.15) is 11.8 Å². The van der Waals surface area contributed by atoms with Crippen molar-refractivity contribution in [3.63, 3.8) is 0 Å². The number of nitrogens with zero attached hydrogens (tertiary/aromatic N) is 1. The van der Waals surface area contributed by atoms with E-state index in [-0.39, 0.29) is 6.04 Å². The molecule has 21 heavy (non-hydrogen) atoms. The fraction of sp³-hybridized carbons (Fsp3) is 0.429. The number of halogens is 1. The number of carboxylic acids is 1. The van der Waals surface area contributed by atoms with E-state index in [4.69, 9.17) is 16.7 Å². The van der Waals surface area contributed by atoms with Crippen LogP contribution >= 0.6 is 23.4 Å². The van der Waals surface area contributed by atoms with Gasteiger partial charge in [-0.25, -0.2) is 4.79 Å². The summed E-state index contributed by atoms with van der Waals surface area (Å²) in [5, 5.41) is 12.3. The third kappa shape index (κ3) is 6.27. The highest BCUT2D eigenvalue weighted by Gasteiger charge is 2.20. The van der Waals surface area contributed by atoms with Gasteiger partial charge >= 0.3 is 12.0 Å². The van der Waals surface area contributed by atoms with E-state index >= 15 is 0 Å². The second-order valence-electron chi connectivity index (χ2n) is 4.47. The summed E-state index contributed by atoms with van der Waals surface area (Å²) in [5.74, 6) is 0.677. The highest BCUT2D eigenvalue weighted by Crippen LogP contribution is 2.18. The van der Waals surface area contributed by atoms with Gasteiger partial charge in [-0.1, -0.05) is 18.5 Å². The van der Waals surface area contributed by atoms with E-state index in [9.17, 15) is 9.59 Å². The van der Waals surface area contributed by atoms with Crippen molar-refractivity contribution in [2.24, 2.45) is 0 Å². The first-order valence-electron chi connectivity index (χ1n) is 6.57. The Hall–Kier alpha value is -1.40. The van der Waals surface area contributed by atoms with Gasteiger partial charge in [0.2, 0.25) is 0 Å². The molecule has 0 saturated carbocycles. The predicted octanol–water partition coefficient (Wildman–Crippen LogP) is 3.08. The zero-order valence-corrected chi connectivity index (χ0v) is 13.6. The van der Waals surface area contributed by atoms with Crippen LogP contribution in [0, 0.1) is 0 Å². The van der Waals surface area contributed by atoms with Gasteiger partial charge < -0.3 is 10.4 Å². The lowest BCUT2D eigenvalue weighted by Gasteiger charge is -2.23. The molecule has 2 N–H and O–H groups in total. The van der Waals surface area contributed by atoms with Crippen LogP contribution in [0.5, 0.6) is 0 Å². The van der Waals surface area contributed by atoms with Gasteiger partial charge in [0, 0.05) is 22.5 Å². The number of thioether (sulfide) groups is 1. The lowest BCUT2D eigenvalue weighted by molar-refractivity contribution is -0.135. The van der Waals surface area contributed by atoms with Crippen LogP contribution in [0.3, 0.4) is 0 Å². The number of carbonyl (C=O) groups is 2. The standard InChI is InChI=1S/C14H19ClN2O3S/c1-3-21-9-10(2)16-14(20)17(8-13(18)19)12-6-4-11(15)5-7-12/h4-7,10H,3,8-9H2,1-2H3,(H,16,20)(H,18,19). The summed E-state index contributed by atoms with van der Waals surface area (Å²) in [7, 11) is 0. The monoisotopic (exact) mass is 330 g/mol. The van der Waals surface area contributed by atoms with Gasteiger partial charge in [-0.05, 0) is 36.9 Å². The summed E-state index contributed by atoms with van der Waals surface area (Å²) in [6.07, 6.45) is 0. The van der Waals surface area contributed by atoms with E-state index in [1.165, 1.54) is 4.90 Å². The minimum atomic E-state index is -1.07. The first-order chi connectivity index (χ1) is 9.93. The van der Waals surface area contributed by atoms with Gasteiger partial charge in [0.15, 0.2) is 0 Å². The Balaban J connectivity index is 2.79. The SMILES string of the molecule is CCSCC(C)NC(=O)N(CC(=O)O)c1ccc(Cl)cc1. The summed E-state index contributed by atoms with van der Waals surface area (Å²) < 4.78 is 0. The number of carboxylic acid groups (broad SMARTS) is 1. The molecule has 1 aromatic rings. The Morgan fingerprint density at radius 3 is 2.52 bits per heavy atom. The highest BCUT2D eigenvalue weighted by atomic mass is 35.5. The van der Waals surface area contributed by atoms with E-state index in [0.29, 0.717) is 10.7 Å². The van der Waals surface area contributed by atoms with E-state index in [2.05, 4.69) is 5.32 Å². The number of benzene rings is 1. The third-order valence-electron chi connectivity index (χ3n) is 2.62. The molecule has 0 aliphatic carbocycles. The van der Waals surface area contributed by atoms with Crippen LogP contribution in [0.2, 0.25) is 5.02 Å². The maximum absolute atomic E-state index is 12.2. The Kier molecular flexibility index (Phi) is 7.39. The molecule has 0 aliphatic rings. The van der Waals surface area contributed by atoms with Crippen LogP contribution in [0.25, 0.3) is 0 Å². The minimum Gasteiger partial charge on any atom is -0.480 e. The van der Waals surface area contributed by atoms with Crippen LogP contribution in [0.15, 0.2) is 24.3 Å². The van der Waals surface area contributed by atoms with Gasteiger partial charge in [0.25, 0.3) is 0 Å². The van der Waals surface area contributed by atoms with E-state index < -0.39 is 18.5 Å². The molecule has 1 aromatic carbocycles. The van der Waals surface area contributed by atoms with Crippen LogP contribution in [-0.2, 0) is 4.79 Å². The first kappa shape index (κ1) is 17.7. The summed E-state index contributed by atoms with van der Waals surface area (Å²) in [5.41, 5.74) is 0.495. The Labute approximate surface area is 133 Å². The van der Waals surface area contributed by atoms with Crippen LogP contribution in [0.4, 0.5) is 10.5 Å². The summed E-state index contributed by atoms with van der Waals surface area (Å²) in [6.45, 7) is 3.53. The Morgan fingerprint density at radius 2 is 2.00 bits per heavy atom. The van der Waals surface area contributed by atoms with Gasteiger partial charge in [0.1, 0.15) is 6.54 Å². The second-order valence-corrected chi connectivity index (χ2v) is 6.22. The zero-order chi connectivity index (χ0) is 15.8. The van der Waals surface area contributed by atoms with Crippen molar-refractivity contribution in [3.05, 3.63) is 29.3 Å². The quantitative estimate of drug-likeness (QED) is 0.806. The molecule has 0 aliphatic heterocycles. The number of hydrogen-bond donors (Lipinski definition) is 2. The van der Waals surface area contributed by atoms with Crippen molar-refractivity contribution < 1.29 is 14.7 Å². The highest BCUT2D eigenvalue weighted by molar-refractivity contribution is 7.99. The second kappa shape index (κ2) is 8.79. The topological polar surface area (TPSA) is 69.6 Å². The van der Waals surface area contributed by atoms with Crippen LogP contribution in [0.1, 0.15) is 13.8 Å². The Bertz CT molecular complexity index is 482. The zero-order valence-electron chi connectivity index (χ0n) is 12.0. The van der Waals surface area contributed by atoms with Crippen molar-refractivity contribution in [2.75, 3.05) is 23.0 Å². The molecular weight excluding hydrogens is 312 g/mol. The van der Waals surface area contributed by atoms with Crippen molar-refractivity contribution in [1.29, 1.82) is 0 Å². The van der Waals surface area contributed by atoms with Crippen LogP contribution < -0.4 is 10.2 Å². The first-order valence-corrected chi connectivity index (χ1v) is 8.10. The lowest BCUT2D eigenvalue weighted by Crippen LogP contribution is -2.46. The van der Waals surface area contributed by atoms with Gasteiger partial charge in [-0.15, -0.1) is 0 Å². The lowest BCUT2D eigenvalue weighted by atomic mass is 10.3. The molecule has 0 saturated heterocycles. The molecule has 5 nitrogen and oxygen atoms in total. The average molecular weight is 331 g/mol. The van der Waals surface area contributed by atoms with Crippen molar-refractivity contribution in [2.45, 2.75) is 19.9 Å². The molecule has 116 valence electrons. The smallest absolute Gasteiger partial charge is 0.323 e. The van der Waals surface area contributed by atoms with Crippen molar-refractivity contribution >= 4 is 41.1 Å². The maximum Gasteiger partial charge on any atom is 0.323 e. The Morgan fingerprint density at radius 1 is 1.38 bits per heavy atom. The molecule has 1 unspecified atom stereocenters. The summed E-state index contributed by atoms with van der Waals surface area (Å²) in [6, 6.07) is 6.02. The average Bonchev–Trinajstić information content (AvgIpc) is 2.43. The molecule has 1 rings (SSSR count). The fourth-order valence-electron chi connectivity index (χ4n) is 1.66. The molecule has 0 heterocycles. The number of carbonyl (C=O) groups excluding carboxylic acids is 1. The molecule has 0 spiro atoms. The molecule has 2 amide bonds. The molecule has 7 heteroatoms. The molecule has 0 fully saturated rings. The van der Waals surface area contributed by atoms with Crippen LogP contribution in [-0.4, -0.2) is 41.2 Å². The third-order valence-corrected chi connectivity index (χ3v) is 4.01. The summed E-state index contributed by atoms with van der Waals surface area (Å²) in [4.78, 5) is 24.4. The van der Waals surface area contributed by atoms with Crippen molar-refractivity contribution in [1.82, 2.24) is 5.32 Å². The summed E-state index contributed by atoms with van der Waals surface area (Å²) >= 11 is 7.52. The van der Waals surface area contributed by atoms with Crippen molar-refractivity contribution in [3.8, 4) is 0 Å². The maximum atomic E-state index is 12.2.